The first-order valence-corrected chi connectivity index (χ1v) is 7.42. The van der Waals surface area contributed by atoms with Gasteiger partial charge in [-0.2, -0.15) is 0 Å². The molecule has 17 heavy (non-hydrogen) atoms. The standard InChI is InChI=1S/C14H28N2O/c1-3-8-15-14(12-6-5-7-12)13-11-16(4-2)9-10-17-13/h12-15H,3-11H2,1-2H3. The van der Waals surface area contributed by atoms with Gasteiger partial charge in [0.05, 0.1) is 12.7 Å². The van der Waals surface area contributed by atoms with Gasteiger partial charge in [-0.15, -0.1) is 0 Å². The predicted molar refractivity (Wildman–Crippen MR) is 71.3 cm³/mol. The molecule has 0 aromatic rings. The number of hydrogen-bond donors (Lipinski definition) is 1. The Kier molecular flexibility index (Phi) is 5.26. The highest BCUT2D eigenvalue weighted by molar-refractivity contribution is 4.91. The second kappa shape index (κ2) is 6.72. The maximum atomic E-state index is 6.02. The first-order chi connectivity index (χ1) is 8.35. The van der Waals surface area contributed by atoms with E-state index < -0.39 is 0 Å². The Morgan fingerprint density at radius 3 is 2.76 bits per heavy atom. The third-order valence-electron chi connectivity index (χ3n) is 4.31. The molecule has 1 N–H and O–H groups in total. The maximum absolute atomic E-state index is 6.02. The van der Waals surface area contributed by atoms with Crippen molar-refractivity contribution in [3.63, 3.8) is 0 Å². The van der Waals surface area contributed by atoms with Crippen LogP contribution in [0.1, 0.15) is 39.5 Å². The van der Waals surface area contributed by atoms with Crippen molar-refractivity contribution in [1.82, 2.24) is 10.2 Å². The van der Waals surface area contributed by atoms with Gasteiger partial charge in [-0.3, -0.25) is 4.90 Å². The van der Waals surface area contributed by atoms with Crippen LogP contribution in [0.25, 0.3) is 0 Å². The molecule has 0 aromatic carbocycles. The second-order valence-electron chi connectivity index (χ2n) is 5.47. The first kappa shape index (κ1) is 13.3. The van der Waals surface area contributed by atoms with Crippen LogP contribution in [-0.2, 0) is 4.74 Å². The van der Waals surface area contributed by atoms with E-state index in [0.717, 1.165) is 38.7 Å². The lowest BCUT2D eigenvalue weighted by atomic mass is 9.77. The van der Waals surface area contributed by atoms with Crippen LogP contribution in [0, 0.1) is 5.92 Å². The SMILES string of the molecule is CCCNC(C1CCC1)C1CN(CC)CCO1. The van der Waals surface area contributed by atoms with Crippen molar-refractivity contribution in [2.45, 2.75) is 51.7 Å². The maximum Gasteiger partial charge on any atom is 0.0857 e. The van der Waals surface area contributed by atoms with Gasteiger partial charge in [-0.1, -0.05) is 20.3 Å². The summed E-state index contributed by atoms with van der Waals surface area (Å²) in [6, 6.07) is 0.595. The summed E-state index contributed by atoms with van der Waals surface area (Å²) in [6.07, 6.45) is 5.84. The summed E-state index contributed by atoms with van der Waals surface area (Å²) in [5.74, 6) is 0.864. The van der Waals surface area contributed by atoms with E-state index in [4.69, 9.17) is 4.74 Å². The molecular formula is C14H28N2O. The molecule has 3 heteroatoms. The molecule has 0 aromatic heterocycles. The quantitative estimate of drug-likeness (QED) is 0.767. The third kappa shape index (κ3) is 3.43. The van der Waals surface area contributed by atoms with Crippen LogP contribution in [0.4, 0.5) is 0 Å². The van der Waals surface area contributed by atoms with Crippen molar-refractivity contribution >= 4 is 0 Å². The van der Waals surface area contributed by atoms with E-state index in [1.807, 2.05) is 0 Å². The fourth-order valence-corrected chi connectivity index (χ4v) is 2.95. The molecule has 2 unspecified atom stereocenters. The van der Waals surface area contributed by atoms with Gasteiger partial charge in [-0.25, -0.2) is 0 Å². The van der Waals surface area contributed by atoms with E-state index in [-0.39, 0.29) is 0 Å². The average Bonchev–Trinajstić information content (AvgIpc) is 2.32. The van der Waals surface area contributed by atoms with Crippen molar-refractivity contribution < 1.29 is 4.74 Å². The molecule has 2 aliphatic rings. The van der Waals surface area contributed by atoms with Crippen LogP contribution in [0.5, 0.6) is 0 Å². The molecule has 0 bridgehead atoms. The Morgan fingerprint density at radius 2 is 2.18 bits per heavy atom. The lowest BCUT2D eigenvalue weighted by molar-refractivity contribution is -0.0620. The van der Waals surface area contributed by atoms with Gasteiger partial charge in [0.25, 0.3) is 0 Å². The van der Waals surface area contributed by atoms with Crippen LogP contribution in [0.15, 0.2) is 0 Å². The first-order valence-electron chi connectivity index (χ1n) is 7.42. The van der Waals surface area contributed by atoms with Gasteiger partial charge in [0.2, 0.25) is 0 Å². The molecule has 1 aliphatic carbocycles. The van der Waals surface area contributed by atoms with Gasteiger partial charge in [0, 0.05) is 19.1 Å². The summed E-state index contributed by atoms with van der Waals surface area (Å²) in [7, 11) is 0. The lowest BCUT2D eigenvalue weighted by Crippen LogP contribution is -2.56. The van der Waals surface area contributed by atoms with Crippen LogP contribution in [-0.4, -0.2) is 49.8 Å². The van der Waals surface area contributed by atoms with E-state index in [0.29, 0.717) is 12.1 Å². The van der Waals surface area contributed by atoms with E-state index in [2.05, 4.69) is 24.1 Å². The van der Waals surface area contributed by atoms with Crippen molar-refractivity contribution in [3.05, 3.63) is 0 Å². The van der Waals surface area contributed by atoms with Crippen LogP contribution < -0.4 is 5.32 Å². The third-order valence-corrected chi connectivity index (χ3v) is 4.31. The van der Waals surface area contributed by atoms with Crippen molar-refractivity contribution in [1.29, 1.82) is 0 Å². The number of morpholine rings is 1. The Bertz CT molecular complexity index is 218. The van der Waals surface area contributed by atoms with Gasteiger partial charge in [0.15, 0.2) is 0 Å². The Labute approximate surface area is 106 Å². The smallest absolute Gasteiger partial charge is 0.0857 e. The summed E-state index contributed by atoms with van der Waals surface area (Å²) in [6.45, 7) is 9.92. The second-order valence-corrected chi connectivity index (χ2v) is 5.47. The molecule has 100 valence electrons. The summed E-state index contributed by atoms with van der Waals surface area (Å²) in [5.41, 5.74) is 0. The Morgan fingerprint density at radius 1 is 1.35 bits per heavy atom. The minimum absolute atomic E-state index is 0.417. The fourth-order valence-electron chi connectivity index (χ4n) is 2.95. The van der Waals surface area contributed by atoms with Crippen molar-refractivity contribution in [3.8, 4) is 0 Å². The van der Waals surface area contributed by atoms with E-state index in [9.17, 15) is 0 Å². The molecule has 1 heterocycles. The Balaban J connectivity index is 1.88. The molecule has 2 atom stereocenters. The zero-order valence-corrected chi connectivity index (χ0v) is 11.5. The molecule has 1 saturated carbocycles. The fraction of sp³-hybridized carbons (Fsp3) is 1.00. The molecular weight excluding hydrogens is 212 g/mol. The number of rotatable bonds is 6. The summed E-state index contributed by atoms with van der Waals surface area (Å²) < 4.78 is 6.02. The van der Waals surface area contributed by atoms with Crippen LogP contribution in [0.3, 0.4) is 0 Å². The van der Waals surface area contributed by atoms with E-state index in [1.165, 1.54) is 25.7 Å². The normalized spacial score (nSPS) is 28.9. The molecule has 2 fully saturated rings. The summed E-state index contributed by atoms with van der Waals surface area (Å²) in [5, 5.41) is 3.73. The molecule has 1 aliphatic heterocycles. The predicted octanol–water partition coefficient (Wildman–Crippen LogP) is 1.88. The zero-order valence-electron chi connectivity index (χ0n) is 11.5. The monoisotopic (exact) mass is 240 g/mol. The van der Waals surface area contributed by atoms with Gasteiger partial charge >= 0.3 is 0 Å². The zero-order chi connectivity index (χ0) is 12.1. The summed E-state index contributed by atoms with van der Waals surface area (Å²) >= 11 is 0. The molecule has 1 saturated heterocycles. The van der Waals surface area contributed by atoms with Crippen molar-refractivity contribution in [2.24, 2.45) is 5.92 Å². The van der Waals surface area contributed by atoms with E-state index in [1.54, 1.807) is 0 Å². The van der Waals surface area contributed by atoms with Crippen LogP contribution in [0.2, 0.25) is 0 Å². The van der Waals surface area contributed by atoms with Gasteiger partial charge in [-0.05, 0) is 38.3 Å². The number of likely N-dealkylation sites (N-methyl/N-ethyl adjacent to an activating group) is 1. The summed E-state index contributed by atoms with van der Waals surface area (Å²) in [4.78, 5) is 2.52. The molecule has 0 spiro atoms. The lowest BCUT2D eigenvalue weighted by Gasteiger charge is -2.43. The molecule has 0 amide bonds. The molecule has 3 nitrogen and oxygen atoms in total. The van der Waals surface area contributed by atoms with Gasteiger partial charge < -0.3 is 10.1 Å². The average molecular weight is 240 g/mol. The number of hydrogen-bond acceptors (Lipinski definition) is 3. The van der Waals surface area contributed by atoms with E-state index >= 15 is 0 Å². The highest BCUT2D eigenvalue weighted by Crippen LogP contribution is 2.32. The largest absolute Gasteiger partial charge is 0.374 e. The Hall–Kier alpha value is -0.120. The highest BCUT2D eigenvalue weighted by atomic mass is 16.5. The van der Waals surface area contributed by atoms with Crippen LogP contribution >= 0.6 is 0 Å². The van der Waals surface area contributed by atoms with Crippen molar-refractivity contribution in [2.75, 3.05) is 32.8 Å². The number of ether oxygens (including phenoxy) is 1. The van der Waals surface area contributed by atoms with Gasteiger partial charge in [0.1, 0.15) is 0 Å². The molecule has 2 rings (SSSR count). The highest BCUT2D eigenvalue weighted by Gasteiger charge is 2.35. The topological polar surface area (TPSA) is 24.5 Å². The molecule has 0 radical (unpaired) electrons. The number of nitrogens with zero attached hydrogens (tertiary/aromatic N) is 1. The number of nitrogens with one attached hydrogen (secondary N) is 1. The minimum Gasteiger partial charge on any atom is -0.374 e. The minimum atomic E-state index is 0.417.